The van der Waals surface area contributed by atoms with Gasteiger partial charge in [0.1, 0.15) is 18.6 Å². The number of hydrogen-bond acceptors (Lipinski definition) is 6. The van der Waals surface area contributed by atoms with Gasteiger partial charge in [0.15, 0.2) is 17.6 Å². The highest BCUT2D eigenvalue weighted by Gasteiger charge is 2.44. The summed E-state index contributed by atoms with van der Waals surface area (Å²) in [5.41, 5.74) is 3.94. The third-order valence-electron chi connectivity index (χ3n) is 7.98. The van der Waals surface area contributed by atoms with Crippen LogP contribution in [0.2, 0.25) is 0 Å². The predicted octanol–water partition coefficient (Wildman–Crippen LogP) is 4.12. The first-order chi connectivity index (χ1) is 16.0. The zero-order valence-electron chi connectivity index (χ0n) is 20.1. The topological polar surface area (TPSA) is 63.2 Å². The largest absolute Gasteiger partial charge is 0.496 e. The molecule has 2 N–H and O–H groups in total. The fourth-order valence-electron chi connectivity index (χ4n) is 6.17. The van der Waals surface area contributed by atoms with Crippen LogP contribution in [-0.4, -0.2) is 54.2 Å². The van der Waals surface area contributed by atoms with E-state index in [9.17, 15) is 5.11 Å². The van der Waals surface area contributed by atoms with Crippen LogP contribution >= 0.6 is 0 Å². The molecule has 2 aromatic carbocycles. The van der Waals surface area contributed by atoms with Gasteiger partial charge in [-0.15, -0.1) is 0 Å². The smallest absolute Gasteiger partial charge is 0.172 e. The summed E-state index contributed by atoms with van der Waals surface area (Å²) < 4.78 is 17.3. The second-order valence-corrected chi connectivity index (χ2v) is 9.81. The molecule has 3 aliphatic rings. The lowest BCUT2D eigenvalue weighted by Gasteiger charge is -2.44. The third-order valence-corrected chi connectivity index (χ3v) is 7.98. The van der Waals surface area contributed by atoms with Crippen molar-refractivity contribution in [1.29, 1.82) is 0 Å². The Morgan fingerprint density at radius 3 is 2.42 bits per heavy atom. The van der Waals surface area contributed by atoms with Gasteiger partial charge in [-0.1, -0.05) is 18.2 Å². The van der Waals surface area contributed by atoms with Crippen molar-refractivity contribution >= 4 is 0 Å². The van der Waals surface area contributed by atoms with Crippen LogP contribution in [0, 0.1) is 13.8 Å². The molecule has 178 valence electrons. The molecule has 6 heteroatoms. The van der Waals surface area contributed by atoms with Gasteiger partial charge >= 0.3 is 0 Å². The van der Waals surface area contributed by atoms with Gasteiger partial charge in [0.2, 0.25) is 0 Å². The van der Waals surface area contributed by atoms with Gasteiger partial charge < -0.3 is 19.3 Å². The predicted molar refractivity (Wildman–Crippen MR) is 128 cm³/mol. The quantitative estimate of drug-likeness (QED) is 0.643. The summed E-state index contributed by atoms with van der Waals surface area (Å²) in [6, 6.07) is 13.7. The minimum atomic E-state index is -0.752. The van der Waals surface area contributed by atoms with Crippen LogP contribution in [0.4, 0.5) is 0 Å². The van der Waals surface area contributed by atoms with E-state index in [0.717, 1.165) is 24.3 Å². The summed E-state index contributed by atoms with van der Waals surface area (Å²) in [7, 11) is 1.74. The first kappa shape index (κ1) is 22.5. The Morgan fingerprint density at radius 1 is 1.03 bits per heavy atom. The summed E-state index contributed by atoms with van der Waals surface area (Å²) in [4.78, 5) is 2.72. The van der Waals surface area contributed by atoms with Gasteiger partial charge in [-0.25, -0.2) is 0 Å². The van der Waals surface area contributed by atoms with Crippen molar-refractivity contribution in [2.75, 3.05) is 13.7 Å². The summed E-state index contributed by atoms with van der Waals surface area (Å²) >= 11 is 0. The number of para-hydroxylation sites is 2. The molecule has 0 aromatic heterocycles. The molecule has 5 unspecified atom stereocenters. The SMILES string of the molecule is COc1ccc(C(C)N2C3CCC2CC(NC(O)C2COc4ccccc4O2)C3)c(C)c1C. The standard InChI is InChI=1S/C27H36N2O4/c1-16-17(2)23(31-4)12-11-22(16)18(3)29-20-9-10-21(29)14-19(13-20)28-27(30)26-15-32-24-7-5-6-8-25(24)33-26/h5-8,11-12,18-21,26-28,30H,9-10,13-15H2,1-4H3. The van der Waals surface area contributed by atoms with Crippen LogP contribution in [0.3, 0.4) is 0 Å². The van der Waals surface area contributed by atoms with Gasteiger partial charge in [-0.2, -0.15) is 0 Å². The monoisotopic (exact) mass is 452 g/mol. The number of fused-ring (bicyclic) bond motifs is 3. The third kappa shape index (κ3) is 4.20. The Balaban J connectivity index is 1.23. The fourth-order valence-corrected chi connectivity index (χ4v) is 6.17. The Hall–Kier alpha value is -2.28. The first-order valence-corrected chi connectivity index (χ1v) is 12.2. The molecule has 2 saturated heterocycles. The second kappa shape index (κ2) is 9.16. The molecule has 0 spiro atoms. The van der Waals surface area contributed by atoms with Gasteiger partial charge in [-0.3, -0.25) is 10.2 Å². The van der Waals surface area contributed by atoms with Crippen molar-refractivity contribution in [3.63, 3.8) is 0 Å². The Morgan fingerprint density at radius 2 is 1.73 bits per heavy atom. The lowest BCUT2D eigenvalue weighted by Crippen LogP contribution is -2.56. The average Bonchev–Trinajstić information content (AvgIpc) is 3.10. The maximum Gasteiger partial charge on any atom is 0.172 e. The molecule has 0 saturated carbocycles. The molecule has 2 fully saturated rings. The minimum absolute atomic E-state index is 0.278. The maximum atomic E-state index is 10.9. The van der Waals surface area contributed by atoms with E-state index in [2.05, 4.69) is 43.1 Å². The molecular weight excluding hydrogens is 416 g/mol. The van der Waals surface area contributed by atoms with Crippen LogP contribution in [0.25, 0.3) is 0 Å². The molecule has 33 heavy (non-hydrogen) atoms. The highest BCUT2D eigenvalue weighted by atomic mass is 16.6. The number of piperidine rings is 1. The number of methoxy groups -OCH3 is 1. The van der Waals surface area contributed by atoms with Crippen LogP contribution in [0.5, 0.6) is 17.2 Å². The zero-order valence-corrected chi connectivity index (χ0v) is 20.1. The van der Waals surface area contributed by atoms with E-state index in [1.807, 2.05) is 24.3 Å². The number of benzene rings is 2. The molecule has 2 bridgehead atoms. The normalized spacial score (nSPS) is 28.4. The van der Waals surface area contributed by atoms with Crippen molar-refractivity contribution in [3.8, 4) is 17.2 Å². The van der Waals surface area contributed by atoms with Crippen molar-refractivity contribution in [1.82, 2.24) is 10.2 Å². The number of hydrogen-bond donors (Lipinski definition) is 2. The van der Waals surface area contributed by atoms with E-state index < -0.39 is 12.3 Å². The Kier molecular flexibility index (Phi) is 6.25. The van der Waals surface area contributed by atoms with E-state index in [0.29, 0.717) is 30.5 Å². The molecule has 6 nitrogen and oxygen atoms in total. The molecule has 3 heterocycles. The van der Waals surface area contributed by atoms with Crippen molar-refractivity contribution in [2.24, 2.45) is 0 Å². The van der Waals surface area contributed by atoms with Gasteiger partial charge in [0.05, 0.1) is 7.11 Å². The van der Waals surface area contributed by atoms with E-state index in [1.165, 1.54) is 29.5 Å². The van der Waals surface area contributed by atoms with Crippen LogP contribution < -0.4 is 19.5 Å². The zero-order chi connectivity index (χ0) is 23.1. The summed E-state index contributed by atoms with van der Waals surface area (Å²) in [6.07, 6.45) is 3.35. The van der Waals surface area contributed by atoms with E-state index in [-0.39, 0.29) is 6.04 Å². The molecular formula is C27H36N2O4. The second-order valence-electron chi connectivity index (χ2n) is 9.81. The summed E-state index contributed by atoms with van der Waals surface area (Å²) in [5.74, 6) is 2.40. The Labute approximate surface area is 196 Å². The number of nitrogens with zero attached hydrogens (tertiary/aromatic N) is 1. The number of aliphatic hydroxyl groups is 1. The summed E-state index contributed by atoms with van der Waals surface area (Å²) in [5, 5.41) is 14.3. The van der Waals surface area contributed by atoms with Gasteiger partial charge in [0, 0.05) is 24.2 Å². The number of rotatable bonds is 6. The van der Waals surface area contributed by atoms with Crippen molar-refractivity contribution in [3.05, 3.63) is 53.1 Å². The van der Waals surface area contributed by atoms with E-state index in [4.69, 9.17) is 14.2 Å². The van der Waals surface area contributed by atoms with Crippen LogP contribution in [0.1, 0.15) is 55.3 Å². The first-order valence-electron chi connectivity index (χ1n) is 12.2. The Bertz CT molecular complexity index is 982. The van der Waals surface area contributed by atoms with Gasteiger partial charge in [-0.05, 0) is 81.3 Å². The average molecular weight is 453 g/mol. The van der Waals surface area contributed by atoms with Crippen LogP contribution in [-0.2, 0) is 0 Å². The van der Waals surface area contributed by atoms with Gasteiger partial charge in [0.25, 0.3) is 0 Å². The molecule has 0 amide bonds. The molecule has 5 rings (SSSR count). The van der Waals surface area contributed by atoms with Crippen molar-refractivity contribution in [2.45, 2.75) is 83.0 Å². The summed E-state index contributed by atoms with van der Waals surface area (Å²) in [6.45, 7) is 7.05. The number of ether oxygens (including phenoxy) is 3. The molecule has 0 radical (unpaired) electrons. The minimum Gasteiger partial charge on any atom is -0.496 e. The van der Waals surface area contributed by atoms with E-state index >= 15 is 0 Å². The van der Waals surface area contributed by atoms with E-state index in [1.54, 1.807) is 7.11 Å². The molecule has 5 atom stereocenters. The molecule has 3 aliphatic heterocycles. The number of aliphatic hydroxyl groups excluding tert-OH is 1. The number of nitrogens with one attached hydrogen (secondary N) is 1. The fraction of sp³-hybridized carbons (Fsp3) is 0.556. The van der Waals surface area contributed by atoms with Crippen LogP contribution in [0.15, 0.2) is 36.4 Å². The van der Waals surface area contributed by atoms with Crippen molar-refractivity contribution < 1.29 is 19.3 Å². The molecule has 2 aromatic rings. The maximum absolute atomic E-state index is 10.9. The highest BCUT2D eigenvalue weighted by molar-refractivity contribution is 5.45. The lowest BCUT2D eigenvalue weighted by atomic mass is 9.91. The highest BCUT2D eigenvalue weighted by Crippen LogP contribution is 2.43. The lowest BCUT2D eigenvalue weighted by molar-refractivity contribution is -0.0401. The molecule has 0 aliphatic carbocycles.